The minimum absolute atomic E-state index is 0.0228. The normalized spacial score (nSPS) is 14.8. The largest absolute Gasteiger partial charge is 0.458 e. The summed E-state index contributed by atoms with van der Waals surface area (Å²) in [6.45, 7) is 16.6. The molecule has 2 atom stereocenters. The molecule has 9 heteroatoms. The summed E-state index contributed by atoms with van der Waals surface area (Å²) in [5.41, 5.74) is -2.64. The van der Waals surface area contributed by atoms with E-state index in [0.29, 0.717) is 4.90 Å². The van der Waals surface area contributed by atoms with Gasteiger partial charge in [-0.25, -0.2) is 14.4 Å². The number of hydrogen-bond donors (Lipinski definition) is 0. The number of carbonyl (C=O) groups excluding carboxylic acids is 3. The van der Waals surface area contributed by atoms with Crippen LogP contribution >= 0.6 is 23.2 Å². The first-order chi connectivity index (χ1) is 12.7. The molecule has 0 aliphatic heterocycles. The lowest BCUT2D eigenvalue weighted by Gasteiger charge is -2.34. The van der Waals surface area contributed by atoms with Crippen molar-refractivity contribution >= 4 is 41.4 Å². The van der Waals surface area contributed by atoms with E-state index in [1.54, 1.807) is 69.2 Å². The van der Waals surface area contributed by atoms with Crippen LogP contribution in [-0.4, -0.2) is 50.7 Å². The summed E-state index contributed by atoms with van der Waals surface area (Å²) in [5, 5.41) is 0. The van der Waals surface area contributed by atoms with Crippen molar-refractivity contribution < 1.29 is 28.6 Å². The van der Waals surface area contributed by atoms with Crippen LogP contribution < -0.4 is 0 Å². The lowest BCUT2D eigenvalue weighted by molar-refractivity contribution is -0.161. The zero-order valence-electron chi connectivity index (χ0n) is 19.1. The zero-order chi connectivity index (χ0) is 23.4. The van der Waals surface area contributed by atoms with E-state index >= 15 is 0 Å². The number of halogens is 2. The zero-order valence-corrected chi connectivity index (χ0v) is 20.6. The molecule has 0 fully saturated rings. The Bertz CT molecular complexity index is 559. The van der Waals surface area contributed by atoms with Gasteiger partial charge in [-0.15, -0.1) is 23.2 Å². The highest BCUT2D eigenvalue weighted by Crippen LogP contribution is 2.26. The van der Waals surface area contributed by atoms with Crippen molar-refractivity contribution in [1.29, 1.82) is 0 Å². The molecule has 0 aromatic carbocycles. The average molecular weight is 456 g/mol. The highest BCUT2D eigenvalue weighted by atomic mass is 35.5. The van der Waals surface area contributed by atoms with E-state index in [2.05, 4.69) is 0 Å². The van der Waals surface area contributed by atoms with Gasteiger partial charge < -0.3 is 14.2 Å². The van der Waals surface area contributed by atoms with E-state index in [9.17, 15) is 14.4 Å². The van der Waals surface area contributed by atoms with Crippen LogP contribution in [0.25, 0.3) is 0 Å². The van der Waals surface area contributed by atoms with Crippen molar-refractivity contribution in [2.75, 3.05) is 0 Å². The van der Waals surface area contributed by atoms with E-state index in [1.807, 2.05) is 0 Å². The number of carbonyl (C=O) groups is 3. The van der Waals surface area contributed by atoms with Gasteiger partial charge in [-0.2, -0.15) is 4.90 Å². The summed E-state index contributed by atoms with van der Waals surface area (Å²) in [6.07, 6.45) is -2.06. The molecule has 0 aliphatic rings. The molecule has 2 amide bonds. The number of alkyl halides is 2. The summed E-state index contributed by atoms with van der Waals surface area (Å²) in [6, 6.07) is -1.33. The third-order valence-electron chi connectivity index (χ3n) is 3.20. The van der Waals surface area contributed by atoms with Gasteiger partial charge in [0.2, 0.25) is 0 Å². The Labute approximate surface area is 184 Å². The standard InChI is InChI=1S/C20H35Cl2NO6/c1-12(14(21)22)11-13(15(24)27-18(2,3)4)23(16(25)28-19(5,6)7)17(26)29-20(8,9)10/h12-14H,11H2,1-10H3/t12-,13+/m1/s1. The van der Waals surface area contributed by atoms with Crippen LogP contribution in [0, 0.1) is 5.92 Å². The molecule has 0 aromatic rings. The van der Waals surface area contributed by atoms with Crippen molar-refractivity contribution in [3.8, 4) is 0 Å². The topological polar surface area (TPSA) is 82.1 Å². The van der Waals surface area contributed by atoms with Crippen LogP contribution in [0.4, 0.5) is 9.59 Å². The number of hydrogen-bond acceptors (Lipinski definition) is 6. The second kappa shape index (κ2) is 10.2. The monoisotopic (exact) mass is 455 g/mol. The highest BCUT2D eigenvalue weighted by molar-refractivity contribution is 6.44. The Morgan fingerprint density at radius 3 is 1.38 bits per heavy atom. The van der Waals surface area contributed by atoms with Crippen LogP contribution in [0.15, 0.2) is 0 Å². The first kappa shape index (κ1) is 27.8. The Balaban J connectivity index is 6.17. The van der Waals surface area contributed by atoms with E-state index in [4.69, 9.17) is 37.4 Å². The first-order valence-corrected chi connectivity index (χ1v) is 10.4. The van der Waals surface area contributed by atoms with Gasteiger partial charge >= 0.3 is 18.2 Å². The van der Waals surface area contributed by atoms with Crippen LogP contribution in [-0.2, 0) is 19.0 Å². The van der Waals surface area contributed by atoms with Gasteiger partial charge in [-0.05, 0) is 74.7 Å². The Hall–Kier alpha value is -1.21. The fourth-order valence-electron chi connectivity index (χ4n) is 2.08. The average Bonchev–Trinajstić information content (AvgIpc) is 2.40. The minimum Gasteiger partial charge on any atom is -0.458 e. The van der Waals surface area contributed by atoms with Crippen molar-refractivity contribution in [2.45, 2.75) is 103 Å². The van der Waals surface area contributed by atoms with Gasteiger partial charge in [0.25, 0.3) is 0 Å². The van der Waals surface area contributed by atoms with E-state index in [1.165, 1.54) is 0 Å². The molecule has 0 heterocycles. The number of ether oxygens (including phenoxy) is 3. The molecule has 0 radical (unpaired) electrons. The predicted molar refractivity (Wildman–Crippen MR) is 113 cm³/mol. The van der Waals surface area contributed by atoms with E-state index in [-0.39, 0.29) is 6.42 Å². The fraction of sp³-hybridized carbons (Fsp3) is 0.850. The SMILES string of the molecule is C[C@H](C[C@@H](C(=O)OC(C)(C)C)N(C(=O)OC(C)(C)C)C(=O)OC(C)(C)C)C(Cl)Cl. The molecule has 170 valence electrons. The maximum absolute atomic E-state index is 12.9. The van der Waals surface area contributed by atoms with Gasteiger partial charge in [-0.3, -0.25) is 0 Å². The van der Waals surface area contributed by atoms with Gasteiger partial charge in [-0.1, -0.05) is 6.92 Å². The van der Waals surface area contributed by atoms with Crippen LogP contribution in [0.5, 0.6) is 0 Å². The summed E-state index contributed by atoms with van der Waals surface area (Å²) >= 11 is 11.9. The molecule has 0 unspecified atom stereocenters. The van der Waals surface area contributed by atoms with Crippen LogP contribution in [0.1, 0.15) is 75.7 Å². The van der Waals surface area contributed by atoms with Crippen molar-refractivity contribution in [3.63, 3.8) is 0 Å². The maximum Gasteiger partial charge on any atom is 0.420 e. The third-order valence-corrected chi connectivity index (χ3v) is 4.06. The van der Waals surface area contributed by atoms with Crippen LogP contribution in [0.3, 0.4) is 0 Å². The molecule has 0 aromatic heterocycles. The number of rotatable bonds is 5. The number of amides is 2. The summed E-state index contributed by atoms with van der Waals surface area (Å²) in [4.78, 5) is 38.5. The molecular weight excluding hydrogens is 421 g/mol. The van der Waals surface area contributed by atoms with Crippen molar-refractivity contribution in [3.05, 3.63) is 0 Å². The van der Waals surface area contributed by atoms with E-state index < -0.39 is 51.8 Å². The molecular formula is C20H35Cl2NO6. The number of nitrogens with zero attached hydrogens (tertiary/aromatic N) is 1. The van der Waals surface area contributed by atoms with Crippen molar-refractivity contribution in [1.82, 2.24) is 4.90 Å². The van der Waals surface area contributed by atoms with Gasteiger partial charge in [0.15, 0.2) is 0 Å². The minimum atomic E-state index is -1.33. The summed E-state index contributed by atoms with van der Waals surface area (Å²) in [7, 11) is 0. The van der Waals surface area contributed by atoms with Gasteiger partial charge in [0.05, 0.1) is 0 Å². The smallest absolute Gasteiger partial charge is 0.420 e. The molecule has 0 saturated heterocycles. The molecule has 0 aliphatic carbocycles. The van der Waals surface area contributed by atoms with Crippen LogP contribution in [0.2, 0.25) is 0 Å². The molecule has 0 spiro atoms. The van der Waals surface area contributed by atoms with Crippen molar-refractivity contribution in [2.24, 2.45) is 5.92 Å². The Kier molecular flexibility index (Phi) is 9.78. The molecule has 0 bridgehead atoms. The quantitative estimate of drug-likeness (QED) is 0.300. The third kappa shape index (κ3) is 11.5. The Morgan fingerprint density at radius 2 is 1.10 bits per heavy atom. The van der Waals surface area contributed by atoms with Gasteiger partial charge in [0.1, 0.15) is 27.7 Å². The molecule has 0 rings (SSSR count). The lowest BCUT2D eigenvalue weighted by atomic mass is 10.0. The molecule has 0 N–H and O–H groups in total. The van der Waals surface area contributed by atoms with E-state index in [0.717, 1.165) is 0 Å². The molecule has 7 nitrogen and oxygen atoms in total. The number of esters is 1. The predicted octanol–water partition coefficient (Wildman–Crippen LogP) is 5.70. The summed E-state index contributed by atoms with van der Waals surface area (Å²) < 4.78 is 16.1. The molecule has 0 saturated carbocycles. The number of imide groups is 1. The fourth-order valence-corrected chi connectivity index (χ4v) is 2.29. The molecule has 29 heavy (non-hydrogen) atoms. The second-order valence-electron chi connectivity index (χ2n) is 9.93. The lowest BCUT2D eigenvalue weighted by Crippen LogP contribution is -2.54. The Morgan fingerprint density at radius 1 is 0.759 bits per heavy atom. The first-order valence-electron chi connectivity index (χ1n) is 9.49. The second-order valence-corrected chi connectivity index (χ2v) is 11.1. The maximum atomic E-state index is 12.9. The van der Waals surface area contributed by atoms with Gasteiger partial charge in [0, 0.05) is 0 Å². The highest BCUT2D eigenvalue weighted by Gasteiger charge is 2.43. The summed E-state index contributed by atoms with van der Waals surface area (Å²) in [5.74, 6) is -1.21.